The second-order valence-electron chi connectivity index (χ2n) is 3.98. The summed E-state index contributed by atoms with van der Waals surface area (Å²) in [6, 6.07) is 6.14. The lowest BCUT2D eigenvalue weighted by Crippen LogP contribution is -2.18. The van der Waals surface area contributed by atoms with Gasteiger partial charge in [0.25, 0.3) is 0 Å². The summed E-state index contributed by atoms with van der Waals surface area (Å²) in [5.74, 6) is 1.73. The van der Waals surface area contributed by atoms with Crippen LogP contribution < -0.4 is 15.2 Å². The van der Waals surface area contributed by atoms with E-state index in [4.69, 9.17) is 15.2 Å². The number of hydrogen-bond acceptors (Lipinski definition) is 3. The molecule has 3 heteroatoms. The quantitative estimate of drug-likeness (QED) is 0.803. The maximum Gasteiger partial charge on any atom is 0.164 e. The van der Waals surface area contributed by atoms with Gasteiger partial charge in [0.1, 0.15) is 0 Å². The van der Waals surface area contributed by atoms with Gasteiger partial charge in [-0.05, 0) is 25.0 Å². The molecule has 0 saturated heterocycles. The second-order valence-corrected chi connectivity index (χ2v) is 3.98. The molecule has 0 fully saturated rings. The summed E-state index contributed by atoms with van der Waals surface area (Å²) in [5.41, 5.74) is 6.94. The maximum absolute atomic E-state index is 5.80. The molecular formula is C12H17NO2. The van der Waals surface area contributed by atoms with E-state index in [1.54, 1.807) is 0 Å². The first-order chi connectivity index (χ1) is 7.27. The predicted molar refractivity (Wildman–Crippen MR) is 59.4 cm³/mol. The van der Waals surface area contributed by atoms with Crippen LogP contribution in [0.1, 0.15) is 18.9 Å². The van der Waals surface area contributed by atoms with Gasteiger partial charge >= 0.3 is 0 Å². The summed E-state index contributed by atoms with van der Waals surface area (Å²) in [7, 11) is 0. The number of fused-ring (bicyclic) bond motifs is 1. The smallest absolute Gasteiger partial charge is 0.164 e. The van der Waals surface area contributed by atoms with Gasteiger partial charge in [0.15, 0.2) is 11.5 Å². The number of ether oxygens (including phenoxy) is 2. The first kappa shape index (κ1) is 10.3. The maximum atomic E-state index is 5.80. The van der Waals surface area contributed by atoms with E-state index in [1.165, 1.54) is 0 Å². The van der Waals surface area contributed by atoms with Crippen molar-refractivity contribution in [3.63, 3.8) is 0 Å². The number of rotatable bonds is 2. The molecule has 0 saturated carbocycles. The van der Waals surface area contributed by atoms with Crippen LogP contribution in [0.15, 0.2) is 18.2 Å². The van der Waals surface area contributed by atoms with Gasteiger partial charge in [-0.3, -0.25) is 0 Å². The average molecular weight is 207 g/mol. The number of nitrogens with two attached hydrogens (primary N) is 1. The molecule has 2 N–H and O–H groups in total. The summed E-state index contributed by atoms with van der Waals surface area (Å²) < 4.78 is 11.3. The molecule has 0 spiro atoms. The highest BCUT2D eigenvalue weighted by molar-refractivity contribution is 5.47. The fourth-order valence-corrected chi connectivity index (χ4v) is 1.76. The van der Waals surface area contributed by atoms with E-state index in [-0.39, 0.29) is 6.04 Å². The van der Waals surface area contributed by atoms with Crippen molar-refractivity contribution in [3.8, 4) is 11.5 Å². The summed E-state index contributed by atoms with van der Waals surface area (Å²) in [4.78, 5) is 0. The fourth-order valence-electron chi connectivity index (χ4n) is 1.76. The van der Waals surface area contributed by atoms with Crippen LogP contribution in [0.3, 0.4) is 0 Å². The Balaban J connectivity index is 2.30. The van der Waals surface area contributed by atoms with E-state index >= 15 is 0 Å². The monoisotopic (exact) mass is 207 g/mol. The van der Waals surface area contributed by atoms with Crippen LogP contribution in [0.2, 0.25) is 0 Å². The van der Waals surface area contributed by atoms with E-state index < -0.39 is 0 Å². The molecule has 0 radical (unpaired) electrons. The summed E-state index contributed by atoms with van der Waals surface area (Å²) in [5, 5.41) is 0. The van der Waals surface area contributed by atoms with E-state index in [0.29, 0.717) is 0 Å². The molecule has 2 rings (SSSR count). The number of para-hydroxylation sites is 1. The van der Waals surface area contributed by atoms with Crippen molar-refractivity contribution in [1.29, 1.82) is 0 Å². The minimum Gasteiger partial charge on any atom is -0.490 e. The molecule has 82 valence electrons. The second kappa shape index (κ2) is 4.53. The van der Waals surface area contributed by atoms with Crippen molar-refractivity contribution in [2.45, 2.75) is 25.8 Å². The van der Waals surface area contributed by atoms with Crippen molar-refractivity contribution in [3.05, 3.63) is 23.8 Å². The molecule has 0 amide bonds. The predicted octanol–water partition coefficient (Wildman–Crippen LogP) is 1.74. The Labute approximate surface area is 90.2 Å². The molecule has 3 nitrogen and oxygen atoms in total. The van der Waals surface area contributed by atoms with Crippen molar-refractivity contribution in [2.24, 2.45) is 5.73 Å². The molecule has 1 aromatic carbocycles. The third-order valence-electron chi connectivity index (χ3n) is 2.39. The molecule has 1 aliphatic heterocycles. The third-order valence-corrected chi connectivity index (χ3v) is 2.39. The minimum absolute atomic E-state index is 0.142. The molecular weight excluding hydrogens is 190 g/mol. The van der Waals surface area contributed by atoms with Crippen molar-refractivity contribution >= 4 is 0 Å². The standard InChI is InChI=1S/C12H17NO2/c1-9(13)8-10-4-2-5-11-12(10)15-7-3-6-14-11/h2,4-5,9H,3,6-8,13H2,1H3. The Morgan fingerprint density at radius 1 is 1.33 bits per heavy atom. The zero-order valence-electron chi connectivity index (χ0n) is 9.03. The highest BCUT2D eigenvalue weighted by Crippen LogP contribution is 2.33. The number of hydrogen-bond donors (Lipinski definition) is 1. The topological polar surface area (TPSA) is 44.5 Å². The lowest BCUT2D eigenvalue weighted by atomic mass is 10.1. The molecule has 1 heterocycles. The van der Waals surface area contributed by atoms with Crippen LogP contribution in [0.4, 0.5) is 0 Å². The van der Waals surface area contributed by atoms with Gasteiger partial charge in [0, 0.05) is 12.5 Å². The highest BCUT2D eigenvalue weighted by Gasteiger charge is 2.14. The zero-order valence-corrected chi connectivity index (χ0v) is 9.03. The van der Waals surface area contributed by atoms with Gasteiger partial charge in [0.2, 0.25) is 0 Å². The van der Waals surface area contributed by atoms with Crippen LogP contribution in [-0.4, -0.2) is 19.3 Å². The summed E-state index contributed by atoms with van der Waals surface area (Å²) >= 11 is 0. The van der Waals surface area contributed by atoms with Crippen LogP contribution in [-0.2, 0) is 6.42 Å². The molecule has 0 aromatic heterocycles. The van der Waals surface area contributed by atoms with Crippen LogP contribution in [0, 0.1) is 0 Å². The van der Waals surface area contributed by atoms with E-state index in [0.717, 1.165) is 43.1 Å². The molecule has 1 aromatic rings. The minimum atomic E-state index is 0.142. The SMILES string of the molecule is CC(N)Cc1cccc2c1OCCCO2. The Morgan fingerprint density at radius 3 is 2.93 bits per heavy atom. The van der Waals surface area contributed by atoms with E-state index in [9.17, 15) is 0 Å². The lowest BCUT2D eigenvalue weighted by molar-refractivity contribution is 0.296. The summed E-state index contributed by atoms with van der Waals surface area (Å²) in [6.07, 6.45) is 1.76. The van der Waals surface area contributed by atoms with Gasteiger partial charge in [-0.2, -0.15) is 0 Å². The van der Waals surface area contributed by atoms with Gasteiger partial charge < -0.3 is 15.2 Å². The molecule has 1 unspecified atom stereocenters. The van der Waals surface area contributed by atoms with Gasteiger partial charge in [-0.1, -0.05) is 12.1 Å². The third kappa shape index (κ3) is 2.42. The first-order valence-electron chi connectivity index (χ1n) is 5.40. The Hall–Kier alpha value is -1.22. The molecule has 0 bridgehead atoms. The van der Waals surface area contributed by atoms with Crippen molar-refractivity contribution < 1.29 is 9.47 Å². The zero-order chi connectivity index (χ0) is 10.7. The van der Waals surface area contributed by atoms with Crippen LogP contribution in [0.25, 0.3) is 0 Å². The van der Waals surface area contributed by atoms with E-state index in [2.05, 4.69) is 6.07 Å². The normalized spacial score (nSPS) is 16.9. The van der Waals surface area contributed by atoms with Crippen LogP contribution >= 0.6 is 0 Å². The Morgan fingerprint density at radius 2 is 2.13 bits per heavy atom. The highest BCUT2D eigenvalue weighted by atomic mass is 16.5. The van der Waals surface area contributed by atoms with Gasteiger partial charge in [-0.25, -0.2) is 0 Å². The van der Waals surface area contributed by atoms with Gasteiger partial charge in [0.05, 0.1) is 13.2 Å². The molecule has 1 aliphatic rings. The first-order valence-corrected chi connectivity index (χ1v) is 5.40. The van der Waals surface area contributed by atoms with Crippen molar-refractivity contribution in [1.82, 2.24) is 0 Å². The Kier molecular flexibility index (Phi) is 3.11. The number of benzene rings is 1. The Bertz CT molecular complexity index is 336. The fraction of sp³-hybridized carbons (Fsp3) is 0.500. The largest absolute Gasteiger partial charge is 0.490 e. The molecule has 0 aliphatic carbocycles. The molecule has 1 atom stereocenters. The van der Waals surface area contributed by atoms with E-state index in [1.807, 2.05) is 19.1 Å². The molecule has 15 heavy (non-hydrogen) atoms. The lowest BCUT2D eigenvalue weighted by Gasteiger charge is -2.13. The summed E-state index contributed by atoms with van der Waals surface area (Å²) in [6.45, 7) is 3.45. The van der Waals surface area contributed by atoms with Crippen molar-refractivity contribution in [2.75, 3.05) is 13.2 Å². The van der Waals surface area contributed by atoms with Crippen LogP contribution in [0.5, 0.6) is 11.5 Å². The van der Waals surface area contributed by atoms with Gasteiger partial charge in [-0.15, -0.1) is 0 Å². The average Bonchev–Trinajstić information content (AvgIpc) is 2.42.